The zero-order valence-electron chi connectivity index (χ0n) is 11.2. The molecule has 0 atom stereocenters. The minimum absolute atomic E-state index is 0.378. The molecule has 1 heterocycles. The first kappa shape index (κ1) is 12.4. The van der Waals surface area contributed by atoms with Crippen LogP contribution in [0.3, 0.4) is 0 Å². The van der Waals surface area contributed by atoms with Gasteiger partial charge in [0.15, 0.2) is 0 Å². The third-order valence-electron chi connectivity index (χ3n) is 4.63. The van der Waals surface area contributed by atoms with Crippen molar-refractivity contribution in [3.63, 3.8) is 0 Å². The van der Waals surface area contributed by atoms with Gasteiger partial charge in [-0.3, -0.25) is 4.79 Å². The van der Waals surface area contributed by atoms with E-state index in [4.69, 9.17) is 4.74 Å². The number of carbonyl (C=O) groups is 1. The average molecular weight is 252 g/mol. The summed E-state index contributed by atoms with van der Waals surface area (Å²) in [5, 5.41) is 3.71. The lowest BCUT2D eigenvalue weighted by Crippen LogP contribution is -2.53. The first-order valence-corrected chi connectivity index (χ1v) is 7.34. The van der Waals surface area contributed by atoms with Crippen LogP contribution in [0, 0.1) is 5.92 Å². The lowest BCUT2D eigenvalue weighted by molar-refractivity contribution is -0.133. The topological polar surface area (TPSA) is 41.6 Å². The van der Waals surface area contributed by atoms with E-state index in [1.54, 1.807) is 7.11 Å². The fourth-order valence-corrected chi connectivity index (χ4v) is 3.08. The number of amides is 1. The Bertz CT molecular complexity index is 303. The summed E-state index contributed by atoms with van der Waals surface area (Å²) >= 11 is 0. The van der Waals surface area contributed by atoms with Gasteiger partial charge >= 0.3 is 0 Å². The molecule has 18 heavy (non-hydrogen) atoms. The smallest absolute Gasteiger partial charge is 0.225 e. The van der Waals surface area contributed by atoms with Gasteiger partial charge in [0, 0.05) is 38.2 Å². The standard InChI is InChI=1S/C14H24N2O2/c1-18-13-8-12(9-13)15-11-4-6-16(7-5-11)14(17)10-2-3-10/h10-13,15H,2-9H2,1H3. The van der Waals surface area contributed by atoms with Crippen LogP contribution in [0.5, 0.6) is 0 Å². The van der Waals surface area contributed by atoms with Crippen molar-refractivity contribution in [2.45, 2.75) is 56.7 Å². The summed E-state index contributed by atoms with van der Waals surface area (Å²) in [5.41, 5.74) is 0. The molecule has 2 saturated carbocycles. The number of hydrogen-bond donors (Lipinski definition) is 1. The average Bonchev–Trinajstić information content (AvgIpc) is 3.17. The van der Waals surface area contributed by atoms with Crippen LogP contribution in [-0.4, -0.2) is 49.2 Å². The van der Waals surface area contributed by atoms with E-state index < -0.39 is 0 Å². The Kier molecular flexibility index (Phi) is 3.57. The Morgan fingerprint density at radius 2 is 1.78 bits per heavy atom. The molecule has 0 bridgehead atoms. The number of ether oxygens (including phenoxy) is 1. The highest BCUT2D eigenvalue weighted by atomic mass is 16.5. The maximum atomic E-state index is 11.9. The molecule has 0 aromatic carbocycles. The first-order valence-electron chi connectivity index (χ1n) is 7.34. The molecular formula is C14H24N2O2. The third-order valence-corrected chi connectivity index (χ3v) is 4.63. The SMILES string of the molecule is COC1CC(NC2CCN(C(=O)C3CC3)CC2)C1. The van der Waals surface area contributed by atoms with Gasteiger partial charge in [-0.25, -0.2) is 0 Å². The molecule has 1 saturated heterocycles. The molecule has 1 aliphatic heterocycles. The fourth-order valence-electron chi connectivity index (χ4n) is 3.08. The molecule has 3 fully saturated rings. The summed E-state index contributed by atoms with van der Waals surface area (Å²) in [6, 6.07) is 1.25. The van der Waals surface area contributed by atoms with Crippen molar-refractivity contribution in [3.05, 3.63) is 0 Å². The highest BCUT2D eigenvalue weighted by Crippen LogP contribution is 2.32. The summed E-state index contributed by atoms with van der Waals surface area (Å²) in [7, 11) is 1.79. The zero-order chi connectivity index (χ0) is 12.5. The molecule has 3 rings (SSSR count). The summed E-state index contributed by atoms with van der Waals surface area (Å²) in [6.07, 6.45) is 7.25. The van der Waals surface area contributed by atoms with Crippen molar-refractivity contribution in [1.29, 1.82) is 0 Å². The normalized spacial score (nSPS) is 33.3. The van der Waals surface area contributed by atoms with Gasteiger partial charge in [0.05, 0.1) is 6.10 Å². The summed E-state index contributed by atoms with van der Waals surface area (Å²) < 4.78 is 5.29. The van der Waals surface area contributed by atoms with Gasteiger partial charge in [-0.2, -0.15) is 0 Å². The van der Waals surface area contributed by atoms with E-state index in [2.05, 4.69) is 10.2 Å². The Morgan fingerprint density at radius 1 is 1.11 bits per heavy atom. The second-order valence-corrected chi connectivity index (χ2v) is 6.07. The van der Waals surface area contributed by atoms with Gasteiger partial charge in [-0.05, 0) is 38.5 Å². The predicted molar refractivity (Wildman–Crippen MR) is 69.3 cm³/mol. The third kappa shape index (κ3) is 2.69. The molecule has 0 aromatic heterocycles. The Labute approximate surface area is 109 Å². The molecule has 102 valence electrons. The molecule has 0 aromatic rings. The van der Waals surface area contributed by atoms with E-state index in [-0.39, 0.29) is 0 Å². The largest absolute Gasteiger partial charge is 0.381 e. The van der Waals surface area contributed by atoms with Crippen molar-refractivity contribution in [3.8, 4) is 0 Å². The molecular weight excluding hydrogens is 228 g/mol. The molecule has 4 nitrogen and oxygen atoms in total. The quantitative estimate of drug-likeness (QED) is 0.816. The van der Waals surface area contributed by atoms with Crippen molar-refractivity contribution in [1.82, 2.24) is 10.2 Å². The Hall–Kier alpha value is -0.610. The molecule has 0 unspecified atom stereocenters. The molecule has 3 aliphatic rings. The molecule has 2 aliphatic carbocycles. The van der Waals surface area contributed by atoms with E-state index in [0.717, 1.165) is 51.6 Å². The van der Waals surface area contributed by atoms with Crippen LogP contribution in [0.4, 0.5) is 0 Å². The van der Waals surface area contributed by atoms with E-state index in [0.29, 0.717) is 30.0 Å². The van der Waals surface area contributed by atoms with Gasteiger partial charge in [0.25, 0.3) is 0 Å². The number of methoxy groups -OCH3 is 1. The van der Waals surface area contributed by atoms with E-state index in [1.807, 2.05) is 0 Å². The highest BCUT2D eigenvalue weighted by molar-refractivity contribution is 5.81. The summed E-state index contributed by atoms with van der Waals surface area (Å²) in [4.78, 5) is 14.0. The van der Waals surface area contributed by atoms with E-state index in [1.165, 1.54) is 0 Å². The highest BCUT2D eigenvalue weighted by Gasteiger charge is 2.36. The van der Waals surface area contributed by atoms with Crippen molar-refractivity contribution in [2.24, 2.45) is 5.92 Å². The molecule has 0 spiro atoms. The van der Waals surface area contributed by atoms with E-state index >= 15 is 0 Å². The van der Waals surface area contributed by atoms with Crippen LogP contribution in [0.1, 0.15) is 38.5 Å². The molecule has 1 N–H and O–H groups in total. The summed E-state index contributed by atoms with van der Waals surface area (Å²) in [6.45, 7) is 1.90. The predicted octanol–water partition coefficient (Wildman–Crippen LogP) is 1.15. The number of carbonyl (C=O) groups excluding carboxylic acids is 1. The van der Waals surface area contributed by atoms with Gasteiger partial charge in [0.2, 0.25) is 5.91 Å². The maximum absolute atomic E-state index is 11.9. The first-order chi connectivity index (χ1) is 8.76. The number of likely N-dealkylation sites (tertiary alicyclic amines) is 1. The lowest BCUT2D eigenvalue weighted by Gasteiger charge is -2.40. The molecule has 4 heteroatoms. The second-order valence-electron chi connectivity index (χ2n) is 6.07. The number of nitrogens with one attached hydrogen (secondary N) is 1. The van der Waals surface area contributed by atoms with Crippen LogP contribution in [0.15, 0.2) is 0 Å². The fraction of sp³-hybridized carbons (Fsp3) is 0.929. The maximum Gasteiger partial charge on any atom is 0.225 e. The van der Waals surface area contributed by atoms with Gasteiger partial charge < -0.3 is 15.0 Å². The zero-order valence-corrected chi connectivity index (χ0v) is 11.2. The van der Waals surface area contributed by atoms with Gasteiger partial charge in [-0.1, -0.05) is 0 Å². The van der Waals surface area contributed by atoms with Crippen molar-refractivity contribution >= 4 is 5.91 Å². The Balaban J connectivity index is 1.36. The number of nitrogens with zero attached hydrogens (tertiary/aromatic N) is 1. The molecule has 1 amide bonds. The summed E-state index contributed by atoms with van der Waals surface area (Å²) in [5.74, 6) is 0.792. The Morgan fingerprint density at radius 3 is 2.33 bits per heavy atom. The van der Waals surface area contributed by atoms with Crippen LogP contribution < -0.4 is 5.32 Å². The van der Waals surface area contributed by atoms with Crippen LogP contribution >= 0.6 is 0 Å². The second kappa shape index (κ2) is 5.17. The van der Waals surface area contributed by atoms with Gasteiger partial charge in [-0.15, -0.1) is 0 Å². The number of piperidine rings is 1. The van der Waals surface area contributed by atoms with Crippen LogP contribution in [-0.2, 0) is 9.53 Å². The minimum Gasteiger partial charge on any atom is -0.381 e. The number of rotatable bonds is 4. The monoisotopic (exact) mass is 252 g/mol. The van der Waals surface area contributed by atoms with Crippen LogP contribution in [0.2, 0.25) is 0 Å². The number of hydrogen-bond acceptors (Lipinski definition) is 3. The van der Waals surface area contributed by atoms with Crippen molar-refractivity contribution < 1.29 is 9.53 Å². The lowest BCUT2D eigenvalue weighted by atomic mass is 9.87. The van der Waals surface area contributed by atoms with Gasteiger partial charge in [0.1, 0.15) is 0 Å². The minimum atomic E-state index is 0.378. The van der Waals surface area contributed by atoms with Crippen LogP contribution in [0.25, 0.3) is 0 Å². The molecule has 0 radical (unpaired) electrons. The van der Waals surface area contributed by atoms with Crippen molar-refractivity contribution in [2.75, 3.05) is 20.2 Å². The van der Waals surface area contributed by atoms with E-state index in [9.17, 15) is 4.79 Å².